The summed E-state index contributed by atoms with van der Waals surface area (Å²) in [6, 6.07) is 7.79. The van der Waals surface area contributed by atoms with Gasteiger partial charge in [-0.05, 0) is 44.0 Å². The van der Waals surface area contributed by atoms with Gasteiger partial charge in [-0.15, -0.1) is 0 Å². The third-order valence-corrected chi connectivity index (χ3v) is 4.07. The first-order chi connectivity index (χ1) is 8.93. The molecule has 0 aliphatic carbocycles. The van der Waals surface area contributed by atoms with Gasteiger partial charge in [0, 0.05) is 10.2 Å². The molecule has 2 unspecified atom stereocenters. The van der Waals surface area contributed by atoms with Crippen molar-refractivity contribution in [2.24, 2.45) is 5.92 Å². The normalized spacial score (nSPS) is 15.4. The van der Waals surface area contributed by atoms with E-state index in [1.807, 2.05) is 38.1 Å². The van der Waals surface area contributed by atoms with Crippen molar-refractivity contribution in [3.05, 3.63) is 28.7 Å². The Morgan fingerprint density at radius 2 is 1.95 bits per heavy atom. The number of ether oxygens (including phenoxy) is 1. The maximum atomic E-state index is 12.2. The Balaban J connectivity index is 2.97. The van der Waals surface area contributed by atoms with Crippen molar-refractivity contribution in [3.8, 4) is 0 Å². The molecule has 0 saturated carbocycles. The van der Waals surface area contributed by atoms with Crippen molar-refractivity contribution in [2.45, 2.75) is 39.7 Å². The van der Waals surface area contributed by atoms with E-state index < -0.39 is 5.54 Å². The quantitative estimate of drug-likeness (QED) is 0.794. The number of hydrogen-bond donors (Lipinski definition) is 1. The minimum Gasteiger partial charge on any atom is -0.464 e. The molecule has 3 nitrogen and oxygen atoms in total. The van der Waals surface area contributed by atoms with Gasteiger partial charge < -0.3 is 10.1 Å². The molecular weight excluding hydrogens is 306 g/mol. The summed E-state index contributed by atoms with van der Waals surface area (Å²) in [5, 5.41) is 3.32. The van der Waals surface area contributed by atoms with E-state index in [0.717, 1.165) is 16.6 Å². The Morgan fingerprint density at radius 3 is 2.42 bits per heavy atom. The number of anilines is 1. The van der Waals surface area contributed by atoms with Gasteiger partial charge in [-0.3, -0.25) is 0 Å². The van der Waals surface area contributed by atoms with Crippen molar-refractivity contribution < 1.29 is 9.53 Å². The summed E-state index contributed by atoms with van der Waals surface area (Å²) in [6.45, 7) is 8.26. The first-order valence-electron chi connectivity index (χ1n) is 6.65. The summed E-state index contributed by atoms with van der Waals surface area (Å²) in [6.07, 6.45) is 0.902. The Kier molecular flexibility index (Phi) is 5.85. The second-order valence-electron chi connectivity index (χ2n) is 4.86. The minimum absolute atomic E-state index is 0.176. The van der Waals surface area contributed by atoms with Crippen molar-refractivity contribution in [1.29, 1.82) is 0 Å². The van der Waals surface area contributed by atoms with Crippen LogP contribution in [0.4, 0.5) is 5.69 Å². The number of rotatable bonds is 6. The molecule has 2 atom stereocenters. The Hall–Kier alpha value is -1.03. The van der Waals surface area contributed by atoms with Gasteiger partial charge in [-0.1, -0.05) is 36.2 Å². The molecule has 0 heterocycles. The van der Waals surface area contributed by atoms with Crippen LogP contribution in [0.25, 0.3) is 0 Å². The summed E-state index contributed by atoms with van der Waals surface area (Å²) in [5.74, 6) is -0.0255. The van der Waals surface area contributed by atoms with E-state index in [1.54, 1.807) is 0 Å². The molecule has 1 aromatic carbocycles. The average molecular weight is 328 g/mol. The third-order valence-electron chi connectivity index (χ3n) is 3.55. The second-order valence-corrected chi connectivity index (χ2v) is 5.78. The van der Waals surface area contributed by atoms with Gasteiger partial charge in [0.15, 0.2) is 0 Å². The van der Waals surface area contributed by atoms with E-state index in [4.69, 9.17) is 4.74 Å². The van der Waals surface area contributed by atoms with Gasteiger partial charge in [0.2, 0.25) is 0 Å². The van der Waals surface area contributed by atoms with E-state index in [2.05, 4.69) is 35.1 Å². The van der Waals surface area contributed by atoms with Crippen molar-refractivity contribution in [1.82, 2.24) is 0 Å². The zero-order chi connectivity index (χ0) is 14.5. The summed E-state index contributed by atoms with van der Waals surface area (Å²) in [4.78, 5) is 12.2. The first-order valence-corrected chi connectivity index (χ1v) is 7.44. The van der Waals surface area contributed by atoms with Crippen LogP contribution in [0.2, 0.25) is 0 Å². The highest BCUT2D eigenvalue weighted by atomic mass is 79.9. The van der Waals surface area contributed by atoms with Gasteiger partial charge in [-0.25, -0.2) is 4.79 Å². The molecule has 0 radical (unpaired) electrons. The fourth-order valence-electron chi connectivity index (χ4n) is 1.90. The molecule has 0 aliphatic rings. The second kappa shape index (κ2) is 6.94. The zero-order valence-electron chi connectivity index (χ0n) is 12.0. The smallest absolute Gasteiger partial charge is 0.331 e. The third kappa shape index (κ3) is 3.96. The van der Waals surface area contributed by atoms with Crippen LogP contribution in [0.3, 0.4) is 0 Å². The Labute approximate surface area is 123 Å². The standard InChI is InChI=1S/C15H22BrNO2/c1-5-11(3)15(4,14(18)19-6-2)17-13-9-7-12(16)8-10-13/h7-11,17H,5-6H2,1-4H3. The molecule has 0 bridgehead atoms. The lowest BCUT2D eigenvalue weighted by molar-refractivity contribution is -0.149. The van der Waals surface area contributed by atoms with E-state index in [-0.39, 0.29) is 11.9 Å². The molecule has 106 valence electrons. The monoisotopic (exact) mass is 327 g/mol. The highest BCUT2D eigenvalue weighted by Crippen LogP contribution is 2.27. The molecule has 0 aliphatic heterocycles. The molecule has 0 fully saturated rings. The number of carbonyl (C=O) groups excluding carboxylic acids is 1. The molecule has 0 saturated heterocycles. The van der Waals surface area contributed by atoms with Crippen LogP contribution >= 0.6 is 15.9 Å². The number of benzene rings is 1. The van der Waals surface area contributed by atoms with Crippen LogP contribution in [-0.2, 0) is 9.53 Å². The summed E-state index contributed by atoms with van der Waals surface area (Å²) >= 11 is 3.40. The maximum absolute atomic E-state index is 12.2. The SMILES string of the molecule is CCOC(=O)C(C)(Nc1ccc(Br)cc1)C(C)CC. The average Bonchev–Trinajstić information content (AvgIpc) is 2.40. The van der Waals surface area contributed by atoms with Gasteiger partial charge in [0.1, 0.15) is 5.54 Å². The van der Waals surface area contributed by atoms with Crippen LogP contribution in [0.1, 0.15) is 34.1 Å². The predicted molar refractivity (Wildman–Crippen MR) is 82.3 cm³/mol. The minimum atomic E-state index is -0.710. The lowest BCUT2D eigenvalue weighted by Gasteiger charge is -2.34. The van der Waals surface area contributed by atoms with E-state index in [0.29, 0.717) is 6.61 Å². The van der Waals surface area contributed by atoms with Gasteiger partial charge in [0.05, 0.1) is 6.61 Å². The van der Waals surface area contributed by atoms with Crippen molar-refractivity contribution in [2.75, 3.05) is 11.9 Å². The highest BCUT2D eigenvalue weighted by Gasteiger charge is 2.39. The molecule has 19 heavy (non-hydrogen) atoms. The van der Waals surface area contributed by atoms with Crippen LogP contribution in [0.15, 0.2) is 28.7 Å². The first kappa shape index (κ1) is 16.0. The molecular formula is C15H22BrNO2. The van der Waals surface area contributed by atoms with Crippen molar-refractivity contribution in [3.63, 3.8) is 0 Å². The van der Waals surface area contributed by atoms with E-state index in [1.165, 1.54) is 0 Å². The number of hydrogen-bond acceptors (Lipinski definition) is 3. The van der Waals surface area contributed by atoms with Gasteiger partial charge in [0.25, 0.3) is 0 Å². The maximum Gasteiger partial charge on any atom is 0.331 e. The van der Waals surface area contributed by atoms with Gasteiger partial charge >= 0.3 is 5.97 Å². The molecule has 1 aromatic rings. The molecule has 0 spiro atoms. The number of esters is 1. The fourth-order valence-corrected chi connectivity index (χ4v) is 2.16. The van der Waals surface area contributed by atoms with Crippen LogP contribution in [0.5, 0.6) is 0 Å². The van der Waals surface area contributed by atoms with Crippen LogP contribution in [0, 0.1) is 5.92 Å². The van der Waals surface area contributed by atoms with E-state index in [9.17, 15) is 4.79 Å². The Bertz CT molecular complexity index is 419. The van der Waals surface area contributed by atoms with Crippen LogP contribution < -0.4 is 5.32 Å². The zero-order valence-corrected chi connectivity index (χ0v) is 13.6. The predicted octanol–water partition coefficient (Wildman–Crippen LogP) is 4.23. The van der Waals surface area contributed by atoms with Crippen LogP contribution in [-0.4, -0.2) is 18.1 Å². The Morgan fingerprint density at radius 1 is 1.37 bits per heavy atom. The summed E-state index contributed by atoms with van der Waals surface area (Å²) in [5.41, 5.74) is 0.206. The largest absolute Gasteiger partial charge is 0.464 e. The number of carbonyl (C=O) groups is 1. The summed E-state index contributed by atoms with van der Waals surface area (Å²) < 4.78 is 6.23. The number of halogens is 1. The van der Waals surface area contributed by atoms with E-state index >= 15 is 0 Å². The lowest BCUT2D eigenvalue weighted by Crippen LogP contribution is -2.50. The topological polar surface area (TPSA) is 38.3 Å². The van der Waals surface area contributed by atoms with Crippen molar-refractivity contribution >= 4 is 27.6 Å². The molecule has 0 aromatic heterocycles. The highest BCUT2D eigenvalue weighted by molar-refractivity contribution is 9.10. The van der Waals surface area contributed by atoms with Gasteiger partial charge in [-0.2, -0.15) is 0 Å². The molecule has 4 heteroatoms. The number of nitrogens with one attached hydrogen (secondary N) is 1. The lowest BCUT2D eigenvalue weighted by atomic mass is 9.84. The summed E-state index contributed by atoms with van der Waals surface area (Å²) in [7, 11) is 0. The molecule has 1 N–H and O–H groups in total. The fraction of sp³-hybridized carbons (Fsp3) is 0.533. The molecule has 1 rings (SSSR count). The molecule has 0 amide bonds.